The van der Waals surface area contributed by atoms with Gasteiger partial charge in [-0.05, 0) is 36.2 Å². The second-order valence-corrected chi connectivity index (χ2v) is 8.06. The number of aryl methyl sites for hydroxylation is 1. The van der Waals surface area contributed by atoms with E-state index in [-0.39, 0.29) is 12.3 Å². The summed E-state index contributed by atoms with van der Waals surface area (Å²) in [6, 6.07) is 11.4. The first-order valence-electron chi connectivity index (χ1n) is 7.45. The number of rotatable bonds is 9. The number of aliphatic carboxylic acids is 1. The molecule has 1 aromatic carbocycles. The fraction of sp³-hybridized carbons (Fsp3) is 0.294. The van der Waals surface area contributed by atoms with E-state index in [4.69, 9.17) is 16.7 Å². The standard InChI is InChI=1S/C17H18ClNO3S2/c18-15-6-4-14(24-15)5-7-16(20)19-13-3-1-2-12(10-13)11-23-9-8-17(21)22/h1-4,6,10H,5,7-9,11H2,(H,19,20)(H,21,22). The molecule has 0 bridgehead atoms. The van der Waals surface area contributed by atoms with Crippen molar-refractivity contribution < 1.29 is 14.7 Å². The Hall–Kier alpha value is -1.50. The lowest BCUT2D eigenvalue weighted by atomic mass is 10.2. The average molecular weight is 384 g/mol. The fourth-order valence-corrected chi connectivity index (χ4v) is 4.00. The third-order valence-electron chi connectivity index (χ3n) is 3.17. The Bertz CT molecular complexity index is 703. The van der Waals surface area contributed by atoms with Crippen molar-refractivity contribution in [2.75, 3.05) is 11.1 Å². The molecule has 2 N–H and O–H groups in total. The summed E-state index contributed by atoms with van der Waals surface area (Å²) >= 11 is 8.94. The van der Waals surface area contributed by atoms with Crippen LogP contribution in [0.2, 0.25) is 4.34 Å². The average Bonchev–Trinajstić information content (AvgIpc) is 2.95. The van der Waals surface area contributed by atoms with Gasteiger partial charge in [-0.3, -0.25) is 9.59 Å². The summed E-state index contributed by atoms with van der Waals surface area (Å²) in [5, 5.41) is 11.5. The van der Waals surface area contributed by atoms with E-state index in [1.165, 1.54) is 11.3 Å². The van der Waals surface area contributed by atoms with Gasteiger partial charge in [0.05, 0.1) is 10.8 Å². The number of amides is 1. The number of carboxylic acid groups (broad SMARTS) is 1. The summed E-state index contributed by atoms with van der Waals surface area (Å²) < 4.78 is 0.735. The Balaban J connectivity index is 1.78. The molecular formula is C17H18ClNO3S2. The number of carbonyl (C=O) groups excluding carboxylic acids is 1. The molecule has 2 rings (SSSR count). The van der Waals surface area contributed by atoms with Gasteiger partial charge in [-0.2, -0.15) is 11.8 Å². The van der Waals surface area contributed by atoms with E-state index in [2.05, 4.69) is 5.32 Å². The van der Waals surface area contributed by atoms with Gasteiger partial charge in [-0.15, -0.1) is 11.3 Å². The van der Waals surface area contributed by atoms with Crippen molar-refractivity contribution in [3.63, 3.8) is 0 Å². The third kappa shape index (κ3) is 6.95. The molecule has 1 aromatic heterocycles. The van der Waals surface area contributed by atoms with Gasteiger partial charge in [-0.1, -0.05) is 23.7 Å². The Morgan fingerprint density at radius 2 is 2.04 bits per heavy atom. The van der Waals surface area contributed by atoms with E-state index < -0.39 is 5.97 Å². The number of carbonyl (C=O) groups is 2. The molecule has 0 saturated heterocycles. The van der Waals surface area contributed by atoms with Crippen LogP contribution in [-0.4, -0.2) is 22.7 Å². The van der Waals surface area contributed by atoms with Gasteiger partial charge >= 0.3 is 5.97 Å². The molecule has 1 amide bonds. The van der Waals surface area contributed by atoms with Crippen molar-refractivity contribution in [3.05, 3.63) is 51.2 Å². The number of nitrogens with one attached hydrogen (secondary N) is 1. The SMILES string of the molecule is O=C(O)CCSCc1cccc(NC(=O)CCc2ccc(Cl)s2)c1. The van der Waals surface area contributed by atoms with Crippen LogP contribution in [0.15, 0.2) is 36.4 Å². The maximum atomic E-state index is 12.0. The lowest BCUT2D eigenvalue weighted by Gasteiger charge is -2.07. The van der Waals surface area contributed by atoms with Gasteiger partial charge in [-0.25, -0.2) is 0 Å². The van der Waals surface area contributed by atoms with E-state index in [0.717, 1.165) is 26.2 Å². The molecule has 0 aliphatic rings. The van der Waals surface area contributed by atoms with Crippen molar-refractivity contribution in [3.8, 4) is 0 Å². The largest absolute Gasteiger partial charge is 0.481 e. The first-order valence-corrected chi connectivity index (χ1v) is 9.80. The molecule has 0 atom stereocenters. The van der Waals surface area contributed by atoms with Crippen LogP contribution in [-0.2, 0) is 21.8 Å². The number of hydrogen-bond acceptors (Lipinski definition) is 4. The quantitative estimate of drug-likeness (QED) is 0.617. The maximum absolute atomic E-state index is 12.0. The first-order chi connectivity index (χ1) is 11.5. The monoisotopic (exact) mass is 383 g/mol. The molecule has 128 valence electrons. The zero-order valence-electron chi connectivity index (χ0n) is 13.0. The summed E-state index contributed by atoms with van der Waals surface area (Å²) in [4.78, 5) is 23.6. The van der Waals surface area contributed by atoms with Crippen molar-refractivity contribution in [1.82, 2.24) is 0 Å². The molecule has 1 heterocycles. The Morgan fingerprint density at radius 3 is 2.75 bits per heavy atom. The van der Waals surface area contributed by atoms with Gasteiger partial charge in [0.25, 0.3) is 0 Å². The number of anilines is 1. The molecule has 0 fully saturated rings. The number of carboxylic acids is 1. The normalized spacial score (nSPS) is 10.5. The van der Waals surface area contributed by atoms with Crippen LogP contribution in [0.3, 0.4) is 0 Å². The number of thioether (sulfide) groups is 1. The van der Waals surface area contributed by atoms with Crippen LogP contribution in [0.4, 0.5) is 5.69 Å². The lowest BCUT2D eigenvalue weighted by Crippen LogP contribution is -2.12. The number of hydrogen-bond donors (Lipinski definition) is 2. The summed E-state index contributed by atoms with van der Waals surface area (Å²) in [6.07, 6.45) is 1.25. The molecule has 0 radical (unpaired) electrons. The highest BCUT2D eigenvalue weighted by Gasteiger charge is 2.06. The van der Waals surface area contributed by atoms with Gasteiger partial charge < -0.3 is 10.4 Å². The fourth-order valence-electron chi connectivity index (χ4n) is 2.03. The summed E-state index contributed by atoms with van der Waals surface area (Å²) in [5.41, 5.74) is 1.83. The smallest absolute Gasteiger partial charge is 0.304 e. The maximum Gasteiger partial charge on any atom is 0.304 e. The van der Waals surface area contributed by atoms with Gasteiger partial charge in [0.15, 0.2) is 0 Å². The van der Waals surface area contributed by atoms with Crippen LogP contribution >= 0.6 is 34.7 Å². The summed E-state index contributed by atoms with van der Waals surface area (Å²) in [7, 11) is 0. The predicted molar refractivity (Wildman–Crippen MR) is 101 cm³/mol. The van der Waals surface area contributed by atoms with Gasteiger partial charge in [0.1, 0.15) is 0 Å². The molecular weight excluding hydrogens is 366 g/mol. The van der Waals surface area contributed by atoms with Gasteiger partial charge in [0, 0.05) is 28.5 Å². The highest BCUT2D eigenvalue weighted by atomic mass is 35.5. The van der Waals surface area contributed by atoms with Crippen molar-refractivity contribution in [2.45, 2.75) is 25.0 Å². The second kappa shape index (κ2) is 9.71. The molecule has 0 spiro atoms. The summed E-state index contributed by atoms with van der Waals surface area (Å²) in [5.74, 6) is 0.491. The van der Waals surface area contributed by atoms with E-state index in [9.17, 15) is 9.59 Å². The zero-order valence-corrected chi connectivity index (χ0v) is 15.3. The van der Waals surface area contributed by atoms with Gasteiger partial charge in [0.2, 0.25) is 5.91 Å². The van der Waals surface area contributed by atoms with E-state index >= 15 is 0 Å². The minimum atomic E-state index is -0.782. The van der Waals surface area contributed by atoms with Crippen molar-refractivity contribution in [2.24, 2.45) is 0 Å². The Labute approximate surface area is 154 Å². The van der Waals surface area contributed by atoms with Crippen LogP contribution in [0, 0.1) is 0 Å². The minimum Gasteiger partial charge on any atom is -0.481 e. The minimum absolute atomic E-state index is 0.0322. The predicted octanol–water partition coefficient (Wildman–Crippen LogP) is 4.68. The van der Waals surface area contributed by atoms with E-state index in [0.29, 0.717) is 18.6 Å². The van der Waals surface area contributed by atoms with Crippen LogP contribution < -0.4 is 5.32 Å². The Kier molecular flexibility index (Phi) is 7.62. The van der Waals surface area contributed by atoms with Crippen molar-refractivity contribution >= 4 is 52.3 Å². The van der Waals surface area contributed by atoms with Crippen molar-refractivity contribution in [1.29, 1.82) is 0 Å². The number of benzene rings is 1. The van der Waals surface area contributed by atoms with Crippen LogP contribution in [0.25, 0.3) is 0 Å². The topological polar surface area (TPSA) is 66.4 Å². The molecule has 7 heteroatoms. The second-order valence-electron chi connectivity index (χ2n) is 5.15. The molecule has 0 aliphatic heterocycles. The lowest BCUT2D eigenvalue weighted by molar-refractivity contribution is -0.136. The molecule has 0 unspecified atom stereocenters. The molecule has 0 saturated carbocycles. The molecule has 0 aliphatic carbocycles. The van der Waals surface area contributed by atoms with Crippen LogP contribution in [0.5, 0.6) is 0 Å². The van der Waals surface area contributed by atoms with Crippen LogP contribution in [0.1, 0.15) is 23.3 Å². The first kappa shape index (κ1) is 18.8. The Morgan fingerprint density at radius 1 is 1.21 bits per heavy atom. The highest BCUT2D eigenvalue weighted by molar-refractivity contribution is 7.98. The zero-order chi connectivity index (χ0) is 17.4. The summed E-state index contributed by atoms with van der Waals surface area (Å²) in [6.45, 7) is 0. The molecule has 24 heavy (non-hydrogen) atoms. The number of thiophene rings is 1. The number of halogens is 1. The van der Waals surface area contributed by atoms with E-state index in [1.54, 1.807) is 11.8 Å². The highest BCUT2D eigenvalue weighted by Crippen LogP contribution is 2.23. The third-order valence-corrected chi connectivity index (χ3v) is 5.49. The molecule has 2 aromatic rings. The van der Waals surface area contributed by atoms with E-state index in [1.807, 2.05) is 36.4 Å². The molecule has 4 nitrogen and oxygen atoms in total.